The van der Waals surface area contributed by atoms with Crippen LogP contribution < -0.4 is 5.32 Å². The number of amides is 1. The maximum Gasteiger partial charge on any atom is 0.273 e. The molecule has 154 valence electrons. The highest BCUT2D eigenvalue weighted by Gasteiger charge is 2.19. The Morgan fingerprint density at radius 2 is 1.97 bits per heavy atom. The summed E-state index contributed by atoms with van der Waals surface area (Å²) in [6, 6.07) is 15.2. The van der Waals surface area contributed by atoms with Gasteiger partial charge in [-0.2, -0.15) is 4.98 Å². The van der Waals surface area contributed by atoms with Crippen molar-refractivity contribution in [3.8, 4) is 11.4 Å². The number of aromatic nitrogens is 3. The number of nitro groups is 1. The molecule has 0 saturated heterocycles. The van der Waals surface area contributed by atoms with Gasteiger partial charge in [0.2, 0.25) is 11.7 Å². The van der Waals surface area contributed by atoms with E-state index in [0.29, 0.717) is 29.4 Å². The predicted molar refractivity (Wildman–Crippen MR) is 113 cm³/mol. The van der Waals surface area contributed by atoms with Crippen molar-refractivity contribution in [3.05, 3.63) is 99.7 Å². The maximum atomic E-state index is 12.8. The monoisotopic (exact) mass is 415 g/mol. The third kappa shape index (κ3) is 4.30. The molecule has 2 aromatic heterocycles. The number of nitro benzene ring substituents is 1. The SMILES string of the molecule is Cc1c(C(=O)Nc2ccccc2Cc2nc(-c3cccnc3)no2)cccc1[N+](=O)[O-]. The summed E-state index contributed by atoms with van der Waals surface area (Å²) in [6.07, 6.45) is 3.61. The summed E-state index contributed by atoms with van der Waals surface area (Å²) in [5.41, 5.74) is 2.50. The zero-order valence-corrected chi connectivity index (χ0v) is 16.5. The molecule has 0 aliphatic rings. The van der Waals surface area contributed by atoms with Crippen LogP contribution in [-0.4, -0.2) is 26.0 Å². The van der Waals surface area contributed by atoms with E-state index in [9.17, 15) is 14.9 Å². The molecule has 2 heterocycles. The lowest BCUT2D eigenvalue weighted by atomic mass is 10.1. The van der Waals surface area contributed by atoms with Crippen LogP contribution in [0.1, 0.15) is 27.4 Å². The van der Waals surface area contributed by atoms with Crippen molar-refractivity contribution in [1.82, 2.24) is 15.1 Å². The van der Waals surface area contributed by atoms with E-state index in [4.69, 9.17) is 4.52 Å². The van der Waals surface area contributed by atoms with Gasteiger partial charge in [0.1, 0.15) is 0 Å². The topological polar surface area (TPSA) is 124 Å². The van der Waals surface area contributed by atoms with Crippen molar-refractivity contribution in [2.45, 2.75) is 13.3 Å². The maximum absolute atomic E-state index is 12.8. The van der Waals surface area contributed by atoms with E-state index in [0.717, 1.165) is 11.1 Å². The first-order valence-electron chi connectivity index (χ1n) is 9.39. The second kappa shape index (κ2) is 8.54. The van der Waals surface area contributed by atoms with Crippen LogP contribution >= 0.6 is 0 Å². The molecule has 4 rings (SSSR count). The molecule has 1 amide bonds. The van der Waals surface area contributed by atoms with Crippen LogP contribution in [0.15, 0.2) is 71.5 Å². The Hall–Kier alpha value is -4.40. The van der Waals surface area contributed by atoms with E-state index < -0.39 is 10.8 Å². The molecule has 0 unspecified atom stereocenters. The van der Waals surface area contributed by atoms with Crippen LogP contribution in [0.3, 0.4) is 0 Å². The van der Waals surface area contributed by atoms with Crippen molar-refractivity contribution >= 4 is 17.3 Å². The Bertz CT molecular complexity index is 1250. The van der Waals surface area contributed by atoms with Gasteiger partial charge >= 0.3 is 0 Å². The van der Waals surface area contributed by atoms with E-state index in [1.54, 1.807) is 43.6 Å². The van der Waals surface area contributed by atoms with Crippen LogP contribution in [0.4, 0.5) is 11.4 Å². The van der Waals surface area contributed by atoms with Crippen molar-refractivity contribution in [3.63, 3.8) is 0 Å². The van der Waals surface area contributed by atoms with Gasteiger partial charge in [-0.25, -0.2) is 0 Å². The summed E-state index contributed by atoms with van der Waals surface area (Å²) in [4.78, 5) is 31.9. The molecule has 1 N–H and O–H groups in total. The molecule has 0 bridgehead atoms. The van der Waals surface area contributed by atoms with Gasteiger partial charge in [-0.15, -0.1) is 0 Å². The van der Waals surface area contributed by atoms with E-state index in [2.05, 4.69) is 20.4 Å². The Balaban J connectivity index is 1.56. The number of carbonyl (C=O) groups excluding carboxylic acids is 1. The van der Waals surface area contributed by atoms with Gasteiger partial charge in [0.05, 0.1) is 11.3 Å². The molecule has 0 aliphatic heterocycles. The molecule has 0 spiro atoms. The number of hydrogen-bond donors (Lipinski definition) is 1. The van der Waals surface area contributed by atoms with Gasteiger partial charge in [0.25, 0.3) is 11.6 Å². The fraction of sp³-hybridized carbons (Fsp3) is 0.0909. The van der Waals surface area contributed by atoms with Crippen molar-refractivity contribution in [2.24, 2.45) is 0 Å². The van der Waals surface area contributed by atoms with E-state index in [-0.39, 0.29) is 11.3 Å². The minimum absolute atomic E-state index is 0.102. The molecular weight excluding hydrogens is 398 g/mol. The quantitative estimate of drug-likeness (QED) is 0.370. The summed E-state index contributed by atoms with van der Waals surface area (Å²) >= 11 is 0. The molecule has 31 heavy (non-hydrogen) atoms. The molecule has 4 aromatic rings. The number of carbonyl (C=O) groups is 1. The first kappa shape index (κ1) is 19.9. The van der Waals surface area contributed by atoms with Gasteiger partial charge in [-0.1, -0.05) is 29.4 Å². The summed E-state index contributed by atoms with van der Waals surface area (Å²) in [5.74, 6) is 0.374. The van der Waals surface area contributed by atoms with Crippen LogP contribution in [0, 0.1) is 17.0 Å². The number of nitrogens with zero attached hydrogens (tertiary/aromatic N) is 4. The smallest absolute Gasteiger partial charge is 0.273 e. The molecule has 0 atom stereocenters. The number of para-hydroxylation sites is 1. The number of hydrogen-bond acceptors (Lipinski definition) is 7. The first-order valence-corrected chi connectivity index (χ1v) is 9.39. The average molecular weight is 415 g/mol. The highest BCUT2D eigenvalue weighted by Crippen LogP contribution is 2.24. The van der Waals surface area contributed by atoms with Gasteiger partial charge in [0.15, 0.2) is 0 Å². The average Bonchev–Trinajstić information content (AvgIpc) is 3.24. The highest BCUT2D eigenvalue weighted by molar-refractivity contribution is 6.06. The zero-order chi connectivity index (χ0) is 21.8. The Kier molecular flexibility index (Phi) is 5.48. The minimum Gasteiger partial charge on any atom is -0.339 e. The number of anilines is 1. The van der Waals surface area contributed by atoms with Gasteiger partial charge in [-0.3, -0.25) is 19.9 Å². The van der Waals surface area contributed by atoms with Crippen LogP contribution in [-0.2, 0) is 6.42 Å². The van der Waals surface area contributed by atoms with Crippen LogP contribution in [0.2, 0.25) is 0 Å². The molecule has 0 radical (unpaired) electrons. The third-order valence-corrected chi connectivity index (χ3v) is 4.74. The predicted octanol–water partition coefficient (Wildman–Crippen LogP) is 4.19. The number of nitrogens with one attached hydrogen (secondary N) is 1. The third-order valence-electron chi connectivity index (χ3n) is 4.74. The molecule has 2 aromatic carbocycles. The van der Waals surface area contributed by atoms with E-state index in [1.165, 1.54) is 12.1 Å². The molecule has 9 nitrogen and oxygen atoms in total. The fourth-order valence-corrected chi connectivity index (χ4v) is 3.16. The van der Waals surface area contributed by atoms with E-state index >= 15 is 0 Å². The zero-order valence-electron chi connectivity index (χ0n) is 16.5. The normalized spacial score (nSPS) is 10.6. The van der Waals surface area contributed by atoms with Crippen molar-refractivity contribution < 1.29 is 14.2 Å². The molecular formula is C22H17N5O4. The van der Waals surface area contributed by atoms with E-state index in [1.807, 2.05) is 18.2 Å². The lowest BCUT2D eigenvalue weighted by Crippen LogP contribution is -2.15. The summed E-state index contributed by atoms with van der Waals surface area (Å²) in [5, 5.41) is 18.0. The number of benzene rings is 2. The minimum atomic E-state index is -0.504. The Labute approximate surface area is 176 Å². The van der Waals surface area contributed by atoms with Crippen LogP contribution in [0.5, 0.6) is 0 Å². The summed E-state index contributed by atoms with van der Waals surface area (Å²) in [6.45, 7) is 1.55. The number of rotatable bonds is 6. The van der Waals surface area contributed by atoms with Gasteiger partial charge in [0, 0.05) is 40.8 Å². The molecule has 0 saturated carbocycles. The summed E-state index contributed by atoms with van der Waals surface area (Å²) in [7, 11) is 0. The van der Waals surface area contributed by atoms with Crippen molar-refractivity contribution in [2.75, 3.05) is 5.32 Å². The second-order valence-corrected chi connectivity index (χ2v) is 6.75. The van der Waals surface area contributed by atoms with Gasteiger partial charge in [-0.05, 0) is 36.8 Å². The lowest BCUT2D eigenvalue weighted by molar-refractivity contribution is -0.385. The first-order chi connectivity index (χ1) is 15.0. The number of pyridine rings is 1. The highest BCUT2D eigenvalue weighted by atomic mass is 16.6. The molecule has 0 aliphatic carbocycles. The van der Waals surface area contributed by atoms with Crippen LogP contribution in [0.25, 0.3) is 11.4 Å². The Morgan fingerprint density at radius 1 is 1.13 bits per heavy atom. The molecule has 0 fully saturated rings. The fourth-order valence-electron chi connectivity index (χ4n) is 3.16. The molecule has 9 heteroatoms. The Morgan fingerprint density at radius 3 is 2.74 bits per heavy atom. The van der Waals surface area contributed by atoms with Crippen molar-refractivity contribution in [1.29, 1.82) is 0 Å². The standard InChI is InChI=1S/C22H17N5O4/c1-14-17(8-4-10-19(14)27(29)30)22(28)24-18-9-3-2-6-15(18)12-20-25-21(26-31-20)16-7-5-11-23-13-16/h2-11,13H,12H2,1H3,(H,24,28). The lowest BCUT2D eigenvalue weighted by Gasteiger charge is -2.11. The summed E-state index contributed by atoms with van der Waals surface area (Å²) < 4.78 is 5.35. The van der Waals surface area contributed by atoms with Gasteiger partial charge < -0.3 is 9.84 Å². The largest absolute Gasteiger partial charge is 0.339 e. The second-order valence-electron chi connectivity index (χ2n) is 6.75.